The van der Waals surface area contributed by atoms with Crippen LogP contribution in [-0.2, 0) is 9.59 Å². The minimum absolute atomic E-state index is 0.182. The van der Waals surface area contributed by atoms with Crippen LogP contribution >= 0.6 is 0 Å². The molecule has 2 aliphatic heterocycles. The predicted octanol–water partition coefficient (Wildman–Crippen LogP) is -0.195. The summed E-state index contributed by atoms with van der Waals surface area (Å²) in [6.45, 7) is 4.63. The molecule has 0 bridgehead atoms. The van der Waals surface area contributed by atoms with Gasteiger partial charge in [0.15, 0.2) is 0 Å². The molecule has 5 nitrogen and oxygen atoms in total. The summed E-state index contributed by atoms with van der Waals surface area (Å²) in [5, 5.41) is 0. The average molecular weight is 239 g/mol. The number of fused-ring (bicyclic) bond motifs is 1. The van der Waals surface area contributed by atoms with E-state index in [1.54, 1.807) is 0 Å². The van der Waals surface area contributed by atoms with E-state index in [4.69, 9.17) is 5.73 Å². The van der Waals surface area contributed by atoms with Gasteiger partial charge in [-0.3, -0.25) is 9.59 Å². The Labute approximate surface area is 102 Å². The quantitative estimate of drug-likeness (QED) is 0.742. The second-order valence-electron chi connectivity index (χ2n) is 5.16. The van der Waals surface area contributed by atoms with Gasteiger partial charge in [-0.1, -0.05) is 6.92 Å². The monoisotopic (exact) mass is 239 g/mol. The van der Waals surface area contributed by atoms with Crippen LogP contribution in [0, 0.1) is 5.92 Å². The average Bonchev–Trinajstić information content (AvgIpc) is 2.70. The topological polar surface area (TPSA) is 66.6 Å². The maximum Gasteiger partial charge on any atom is 0.223 e. The first-order valence-corrected chi connectivity index (χ1v) is 6.39. The van der Waals surface area contributed by atoms with Crippen molar-refractivity contribution < 1.29 is 9.59 Å². The van der Waals surface area contributed by atoms with Gasteiger partial charge in [0.2, 0.25) is 11.8 Å². The summed E-state index contributed by atoms with van der Waals surface area (Å²) in [5.74, 6) is 0.671. The van der Waals surface area contributed by atoms with Gasteiger partial charge in [-0.2, -0.15) is 0 Å². The Hall–Kier alpha value is -1.10. The van der Waals surface area contributed by atoms with E-state index in [-0.39, 0.29) is 23.8 Å². The number of hydrogen-bond donors (Lipinski definition) is 1. The first-order chi connectivity index (χ1) is 8.11. The zero-order chi connectivity index (χ0) is 12.4. The zero-order valence-corrected chi connectivity index (χ0v) is 10.4. The fraction of sp³-hybridized carbons (Fsp3) is 0.833. The van der Waals surface area contributed by atoms with E-state index in [9.17, 15) is 9.59 Å². The molecule has 0 aromatic heterocycles. The van der Waals surface area contributed by atoms with E-state index in [0.29, 0.717) is 39.0 Å². The van der Waals surface area contributed by atoms with E-state index >= 15 is 0 Å². The highest BCUT2D eigenvalue weighted by Crippen LogP contribution is 2.23. The molecule has 0 aromatic carbocycles. The van der Waals surface area contributed by atoms with Gasteiger partial charge >= 0.3 is 0 Å². The summed E-state index contributed by atoms with van der Waals surface area (Å²) in [6.07, 6.45) is 2.07. The third-order valence-corrected chi connectivity index (χ3v) is 3.77. The van der Waals surface area contributed by atoms with Crippen molar-refractivity contribution in [3.8, 4) is 0 Å². The third kappa shape index (κ3) is 2.60. The highest BCUT2D eigenvalue weighted by molar-refractivity contribution is 5.80. The molecule has 96 valence electrons. The van der Waals surface area contributed by atoms with Crippen molar-refractivity contribution in [2.45, 2.75) is 32.2 Å². The van der Waals surface area contributed by atoms with Crippen molar-refractivity contribution in [3.05, 3.63) is 0 Å². The second kappa shape index (κ2) is 5.04. The first-order valence-electron chi connectivity index (χ1n) is 6.39. The minimum Gasteiger partial charge on any atom is -0.339 e. The molecule has 2 fully saturated rings. The van der Waals surface area contributed by atoms with Crippen LogP contribution in [0.15, 0.2) is 0 Å². The Kier molecular flexibility index (Phi) is 3.66. The molecule has 2 heterocycles. The Morgan fingerprint density at radius 3 is 3.00 bits per heavy atom. The van der Waals surface area contributed by atoms with E-state index in [1.165, 1.54) is 0 Å². The standard InChI is InChI=1S/C12H21N3O2/c1-9(7-13)6-12(17)14-4-5-15-10(8-14)2-3-11(15)16/h9-10H,2-8,13H2,1H3. The van der Waals surface area contributed by atoms with Crippen LogP contribution in [0.5, 0.6) is 0 Å². The molecular formula is C12H21N3O2. The van der Waals surface area contributed by atoms with E-state index in [1.807, 2.05) is 16.7 Å². The molecular weight excluding hydrogens is 218 g/mol. The van der Waals surface area contributed by atoms with Gasteiger partial charge in [0.25, 0.3) is 0 Å². The summed E-state index contributed by atoms with van der Waals surface area (Å²) >= 11 is 0. The van der Waals surface area contributed by atoms with Gasteiger partial charge in [0.05, 0.1) is 0 Å². The largest absolute Gasteiger partial charge is 0.339 e. The number of amides is 2. The van der Waals surface area contributed by atoms with Crippen molar-refractivity contribution in [1.29, 1.82) is 0 Å². The number of piperazine rings is 1. The van der Waals surface area contributed by atoms with Crippen LogP contribution < -0.4 is 5.73 Å². The normalized spacial score (nSPS) is 26.0. The Bertz CT molecular complexity index is 319. The van der Waals surface area contributed by atoms with Gasteiger partial charge in [-0.25, -0.2) is 0 Å². The molecule has 0 spiro atoms. The van der Waals surface area contributed by atoms with Crippen molar-refractivity contribution >= 4 is 11.8 Å². The molecule has 17 heavy (non-hydrogen) atoms. The van der Waals surface area contributed by atoms with Crippen LogP contribution in [0.3, 0.4) is 0 Å². The first kappa shape index (κ1) is 12.4. The minimum atomic E-state index is 0.182. The zero-order valence-electron chi connectivity index (χ0n) is 10.4. The lowest BCUT2D eigenvalue weighted by Crippen LogP contribution is -2.53. The number of carbonyl (C=O) groups excluding carboxylic acids is 2. The lowest BCUT2D eigenvalue weighted by molar-refractivity contribution is -0.139. The van der Waals surface area contributed by atoms with E-state index < -0.39 is 0 Å². The molecule has 5 heteroatoms. The van der Waals surface area contributed by atoms with Crippen molar-refractivity contribution in [3.63, 3.8) is 0 Å². The lowest BCUT2D eigenvalue weighted by atomic mass is 10.1. The molecule has 2 aliphatic rings. The molecule has 0 aliphatic carbocycles. The molecule has 0 aromatic rings. The van der Waals surface area contributed by atoms with E-state index in [0.717, 1.165) is 6.42 Å². The van der Waals surface area contributed by atoms with Gasteiger partial charge < -0.3 is 15.5 Å². The number of carbonyl (C=O) groups is 2. The van der Waals surface area contributed by atoms with Crippen LogP contribution in [0.4, 0.5) is 0 Å². The molecule has 2 unspecified atom stereocenters. The van der Waals surface area contributed by atoms with Crippen molar-refractivity contribution in [2.75, 3.05) is 26.2 Å². The maximum absolute atomic E-state index is 12.0. The van der Waals surface area contributed by atoms with Crippen LogP contribution in [0.2, 0.25) is 0 Å². The highest BCUT2D eigenvalue weighted by Gasteiger charge is 2.36. The number of rotatable bonds is 3. The SMILES string of the molecule is CC(CN)CC(=O)N1CCN2C(=O)CCC2C1. The summed E-state index contributed by atoms with van der Waals surface area (Å²) in [4.78, 5) is 27.3. The molecule has 2 rings (SSSR count). The van der Waals surface area contributed by atoms with Crippen molar-refractivity contribution in [2.24, 2.45) is 11.7 Å². The summed E-state index contributed by atoms with van der Waals surface area (Å²) in [5.41, 5.74) is 5.53. The molecule has 2 amide bonds. The maximum atomic E-state index is 12.0. The molecule has 0 saturated carbocycles. The smallest absolute Gasteiger partial charge is 0.223 e. The van der Waals surface area contributed by atoms with Crippen LogP contribution in [0.25, 0.3) is 0 Å². The molecule has 0 radical (unpaired) electrons. The molecule has 2 saturated heterocycles. The van der Waals surface area contributed by atoms with Crippen LogP contribution in [0.1, 0.15) is 26.2 Å². The Morgan fingerprint density at radius 2 is 2.29 bits per heavy atom. The summed E-state index contributed by atoms with van der Waals surface area (Å²) < 4.78 is 0. The van der Waals surface area contributed by atoms with Crippen molar-refractivity contribution in [1.82, 2.24) is 9.80 Å². The Balaban J connectivity index is 1.88. The second-order valence-corrected chi connectivity index (χ2v) is 5.16. The predicted molar refractivity (Wildman–Crippen MR) is 64.2 cm³/mol. The summed E-state index contributed by atoms with van der Waals surface area (Å²) in [6, 6.07) is 0.258. The fourth-order valence-electron chi connectivity index (χ4n) is 2.60. The number of nitrogens with two attached hydrogens (primary N) is 1. The van der Waals surface area contributed by atoms with Gasteiger partial charge in [0, 0.05) is 38.5 Å². The molecule has 2 atom stereocenters. The summed E-state index contributed by atoms with van der Waals surface area (Å²) in [7, 11) is 0. The van der Waals surface area contributed by atoms with E-state index in [2.05, 4.69) is 0 Å². The molecule has 2 N–H and O–H groups in total. The number of hydrogen-bond acceptors (Lipinski definition) is 3. The Morgan fingerprint density at radius 1 is 1.53 bits per heavy atom. The fourth-order valence-corrected chi connectivity index (χ4v) is 2.60. The van der Waals surface area contributed by atoms with Crippen LogP contribution in [-0.4, -0.2) is 53.8 Å². The number of nitrogens with zero attached hydrogens (tertiary/aromatic N) is 2. The third-order valence-electron chi connectivity index (χ3n) is 3.77. The highest BCUT2D eigenvalue weighted by atomic mass is 16.2. The van der Waals surface area contributed by atoms with Gasteiger partial charge in [-0.05, 0) is 18.9 Å². The van der Waals surface area contributed by atoms with Gasteiger partial charge in [-0.15, -0.1) is 0 Å². The van der Waals surface area contributed by atoms with Gasteiger partial charge in [0.1, 0.15) is 0 Å². The lowest BCUT2D eigenvalue weighted by Gasteiger charge is -2.37.